The van der Waals surface area contributed by atoms with Crippen LogP contribution in [-0.2, 0) is 36.6 Å². The van der Waals surface area contributed by atoms with Gasteiger partial charge >= 0.3 is 14.2 Å². The molecule has 2 saturated heterocycles. The topological polar surface area (TPSA) is 71.9 Å². The first-order valence-electron chi connectivity index (χ1n) is 11.7. The van der Waals surface area contributed by atoms with Crippen molar-refractivity contribution in [2.24, 2.45) is 0 Å². The smallest absolute Gasteiger partial charge is 0.399 e. The predicted octanol–water partition coefficient (Wildman–Crippen LogP) is 4.10. The van der Waals surface area contributed by atoms with Gasteiger partial charge in [-0.1, -0.05) is 23.2 Å². The van der Waals surface area contributed by atoms with Crippen LogP contribution in [0.3, 0.4) is 0 Å². The van der Waals surface area contributed by atoms with Gasteiger partial charge in [0.1, 0.15) is 0 Å². The van der Waals surface area contributed by atoms with E-state index in [1.807, 2.05) is 55.4 Å². The van der Waals surface area contributed by atoms with Crippen molar-refractivity contribution in [3.63, 3.8) is 0 Å². The number of aromatic nitrogens is 2. The summed E-state index contributed by atoms with van der Waals surface area (Å²) in [7, 11) is -1.05. The van der Waals surface area contributed by atoms with Crippen LogP contribution in [0.4, 0.5) is 0 Å². The molecule has 2 aromatic heterocycles. The van der Waals surface area contributed by atoms with Gasteiger partial charge in [0.15, 0.2) is 0 Å². The van der Waals surface area contributed by atoms with Crippen molar-refractivity contribution in [3.8, 4) is 0 Å². The normalized spacial score (nSPS) is 22.1. The molecule has 0 aliphatic carbocycles. The van der Waals surface area contributed by atoms with Crippen LogP contribution in [-0.4, -0.2) is 46.6 Å². The number of pyridine rings is 2. The second-order valence-electron chi connectivity index (χ2n) is 11.1. The number of nitrogens with zero attached hydrogens (tertiary/aromatic N) is 2. The summed E-state index contributed by atoms with van der Waals surface area (Å²) < 4.78 is 30.1. The van der Waals surface area contributed by atoms with E-state index < -0.39 is 36.6 Å². The van der Waals surface area contributed by atoms with Gasteiger partial charge < -0.3 is 23.4 Å². The molecule has 0 bridgehead atoms. The Bertz CT molecular complexity index is 996. The van der Waals surface area contributed by atoms with E-state index in [0.29, 0.717) is 21.4 Å². The Kier molecular flexibility index (Phi) is 7.12. The van der Waals surface area contributed by atoms with E-state index in [-0.39, 0.29) is 13.2 Å². The third kappa shape index (κ3) is 5.28. The summed E-state index contributed by atoms with van der Waals surface area (Å²) in [6, 6.07) is 3.61. The van der Waals surface area contributed by atoms with Crippen LogP contribution in [0.5, 0.6) is 0 Å². The van der Waals surface area contributed by atoms with Gasteiger partial charge in [0, 0.05) is 23.3 Å². The Morgan fingerprint density at radius 3 is 1.26 bits per heavy atom. The first-order chi connectivity index (χ1) is 16.1. The van der Waals surface area contributed by atoms with Crippen molar-refractivity contribution in [3.05, 3.63) is 46.0 Å². The molecule has 2 aliphatic heterocycles. The molecular weight excluding hydrogens is 489 g/mol. The van der Waals surface area contributed by atoms with E-state index in [9.17, 15) is 0 Å². The van der Waals surface area contributed by atoms with Crippen molar-refractivity contribution < 1.29 is 23.4 Å². The lowest BCUT2D eigenvalue weighted by molar-refractivity contribution is 0.00578. The fourth-order valence-corrected chi connectivity index (χ4v) is 4.09. The maximum Gasteiger partial charge on any atom is 0.496 e. The molecule has 0 N–H and O–H groups in total. The lowest BCUT2D eigenvalue weighted by atomic mass is 9.80. The van der Waals surface area contributed by atoms with Crippen molar-refractivity contribution in [1.82, 2.24) is 9.97 Å². The minimum atomic E-state index is -0.523. The van der Waals surface area contributed by atoms with E-state index in [1.165, 1.54) is 0 Å². The number of hydrogen-bond acceptors (Lipinski definition) is 7. The molecule has 2 fully saturated rings. The van der Waals surface area contributed by atoms with Crippen LogP contribution in [0.1, 0.15) is 66.8 Å². The summed E-state index contributed by atoms with van der Waals surface area (Å²) in [6.07, 6.45) is 3.41. The molecule has 0 unspecified atom stereocenters. The average Bonchev–Trinajstić information content (AvgIpc) is 3.09. The fraction of sp³-hybridized carbons (Fsp3) is 0.583. The number of hydrogen-bond donors (Lipinski definition) is 0. The molecule has 7 nitrogen and oxygen atoms in total. The Morgan fingerprint density at radius 1 is 0.657 bits per heavy atom. The molecule has 0 amide bonds. The van der Waals surface area contributed by atoms with Gasteiger partial charge in [-0.15, -0.1) is 0 Å². The van der Waals surface area contributed by atoms with Gasteiger partial charge in [-0.2, -0.15) is 0 Å². The van der Waals surface area contributed by atoms with Gasteiger partial charge in [-0.25, -0.2) is 0 Å². The van der Waals surface area contributed by atoms with Gasteiger partial charge in [0.05, 0.1) is 57.1 Å². The molecule has 4 rings (SSSR count). The zero-order valence-electron chi connectivity index (χ0n) is 21.6. The molecule has 4 heterocycles. The van der Waals surface area contributed by atoms with Crippen molar-refractivity contribution in [2.75, 3.05) is 0 Å². The Balaban J connectivity index is 1.36. The minimum absolute atomic E-state index is 0.208. The van der Waals surface area contributed by atoms with Crippen LogP contribution in [0.15, 0.2) is 24.5 Å². The Hall–Kier alpha value is -1.19. The van der Waals surface area contributed by atoms with E-state index >= 15 is 0 Å². The van der Waals surface area contributed by atoms with E-state index in [4.69, 9.17) is 46.6 Å². The van der Waals surface area contributed by atoms with Crippen molar-refractivity contribution in [2.45, 2.75) is 91.0 Å². The number of ether oxygens (including phenoxy) is 1. The van der Waals surface area contributed by atoms with Gasteiger partial charge in [-0.3, -0.25) is 9.97 Å². The summed E-state index contributed by atoms with van der Waals surface area (Å²) >= 11 is 13.0. The van der Waals surface area contributed by atoms with E-state index in [0.717, 1.165) is 10.9 Å². The third-order valence-corrected chi connectivity index (χ3v) is 8.06. The zero-order valence-corrected chi connectivity index (χ0v) is 23.1. The molecule has 0 atom stereocenters. The van der Waals surface area contributed by atoms with E-state index in [1.54, 1.807) is 24.5 Å². The molecule has 2 aliphatic rings. The summed E-state index contributed by atoms with van der Waals surface area (Å²) in [6.45, 7) is 16.5. The van der Waals surface area contributed by atoms with Crippen LogP contribution in [0.2, 0.25) is 10.0 Å². The third-order valence-electron chi connectivity index (χ3n) is 7.41. The second-order valence-corrected chi connectivity index (χ2v) is 11.9. The predicted molar refractivity (Wildman–Crippen MR) is 138 cm³/mol. The van der Waals surface area contributed by atoms with Gasteiger partial charge in [0.2, 0.25) is 0 Å². The molecule has 0 radical (unpaired) electrons. The van der Waals surface area contributed by atoms with Crippen LogP contribution in [0.25, 0.3) is 0 Å². The lowest BCUT2D eigenvalue weighted by Gasteiger charge is -2.32. The zero-order chi connectivity index (χ0) is 25.8. The summed E-state index contributed by atoms with van der Waals surface area (Å²) in [5, 5.41) is 0.958. The van der Waals surface area contributed by atoms with Gasteiger partial charge in [0.25, 0.3) is 0 Å². The molecule has 188 valence electrons. The van der Waals surface area contributed by atoms with Gasteiger partial charge in [-0.05, 0) is 67.5 Å². The molecule has 35 heavy (non-hydrogen) atoms. The highest BCUT2D eigenvalue weighted by Crippen LogP contribution is 2.37. The van der Waals surface area contributed by atoms with Crippen LogP contribution in [0, 0.1) is 0 Å². The second kappa shape index (κ2) is 9.28. The first kappa shape index (κ1) is 26.9. The average molecular weight is 521 g/mol. The monoisotopic (exact) mass is 520 g/mol. The standard InChI is InChI=1S/C24H32B2Cl2N2O5/c1-21(2)22(3,4)33-25(32-21)15-9-17(27)19(29-11-15)13-31-14-20-18(28)10-16(12-30-20)26-34-23(5,6)24(7,8)35-26/h9-12H,13-14H2,1-8H3. The SMILES string of the molecule is CC1(C)OB(c2cnc(COCc3ncc(B4OC(C)(C)C(C)(C)O4)cc3Cl)c(Cl)c2)OC1(C)C. The highest BCUT2D eigenvalue weighted by molar-refractivity contribution is 6.62. The summed E-state index contributed by atoms with van der Waals surface area (Å²) in [5.41, 5.74) is 1.01. The quantitative estimate of drug-likeness (QED) is 0.531. The number of halogens is 2. The largest absolute Gasteiger partial charge is 0.496 e. The molecule has 0 spiro atoms. The fourth-order valence-electron chi connectivity index (χ4n) is 3.63. The Labute approximate surface area is 218 Å². The first-order valence-corrected chi connectivity index (χ1v) is 12.5. The minimum Gasteiger partial charge on any atom is -0.399 e. The highest BCUT2D eigenvalue weighted by Gasteiger charge is 2.53. The molecule has 2 aromatic rings. The summed E-state index contributed by atoms with van der Waals surface area (Å²) in [5.74, 6) is 0. The highest BCUT2D eigenvalue weighted by atomic mass is 35.5. The molecule has 11 heteroatoms. The van der Waals surface area contributed by atoms with Crippen LogP contribution < -0.4 is 10.9 Å². The Morgan fingerprint density at radius 2 is 0.971 bits per heavy atom. The molecule has 0 saturated carbocycles. The maximum atomic E-state index is 6.48. The van der Waals surface area contributed by atoms with Crippen LogP contribution >= 0.6 is 23.2 Å². The lowest BCUT2D eigenvalue weighted by Crippen LogP contribution is -2.41. The van der Waals surface area contributed by atoms with Crippen molar-refractivity contribution >= 4 is 48.4 Å². The number of rotatable bonds is 6. The van der Waals surface area contributed by atoms with Crippen molar-refractivity contribution in [1.29, 1.82) is 0 Å². The van der Waals surface area contributed by atoms with E-state index in [2.05, 4.69) is 9.97 Å². The maximum absolute atomic E-state index is 6.48. The molecular formula is C24H32B2Cl2N2O5. The molecule has 0 aromatic carbocycles. The summed E-state index contributed by atoms with van der Waals surface area (Å²) in [4.78, 5) is 8.92.